The second-order valence-electron chi connectivity index (χ2n) is 5.93. The molecular weight excluding hydrogens is 314 g/mol. The van der Waals surface area contributed by atoms with Crippen LogP contribution in [-0.2, 0) is 0 Å². The van der Waals surface area contributed by atoms with Crippen LogP contribution >= 0.6 is 0 Å². The SMILES string of the molecule is Cc1ccc(-n2cc(C(=O)c3ccc4ccccc4c3)nn2)c(O)c1. The zero-order valence-electron chi connectivity index (χ0n) is 13.5. The first-order chi connectivity index (χ1) is 12.1. The van der Waals surface area contributed by atoms with Crippen LogP contribution < -0.4 is 0 Å². The van der Waals surface area contributed by atoms with Crippen molar-refractivity contribution in [3.8, 4) is 11.4 Å². The number of carbonyl (C=O) groups is 1. The Balaban J connectivity index is 1.69. The van der Waals surface area contributed by atoms with Crippen LogP contribution in [0.5, 0.6) is 5.75 Å². The van der Waals surface area contributed by atoms with Crippen LogP contribution in [0.4, 0.5) is 0 Å². The predicted octanol–water partition coefficient (Wildman–Crippen LogP) is 3.67. The second kappa shape index (κ2) is 5.87. The van der Waals surface area contributed by atoms with Gasteiger partial charge in [-0.1, -0.05) is 47.7 Å². The van der Waals surface area contributed by atoms with Gasteiger partial charge in [-0.2, -0.15) is 0 Å². The number of aromatic hydroxyl groups is 1. The molecule has 0 unspecified atom stereocenters. The number of aromatic nitrogens is 3. The van der Waals surface area contributed by atoms with Gasteiger partial charge in [0.1, 0.15) is 11.4 Å². The zero-order chi connectivity index (χ0) is 17.4. The average Bonchev–Trinajstić information content (AvgIpc) is 3.10. The third kappa shape index (κ3) is 2.76. The standard InChI is InChI=1S/C20H15N3O2/c1-13-6-9-18(19(24)10-13)23-12-17(21-22-23)20(25)16-8-7-14-4-2-3-5-15(14)11-16/h2-12,24H,1H3. The molecular formula is C20H15N3O2. The fourth-order valence-corrected chi connectivity index (χ4v) is 2.79. The first-order valence-electron chi connectivity index (χ1n) is 7.88. The minimum atomic E-state index is -0.205. The number of phenolic OH excluding ortho intramolecular Hbond substituents is 1. The Kier molecular flexibility index (Phi) is 3.54. The van der Waals surface area contributed by atoms with E-state index in [1.165, 1.54) is 10.9 Å². The summed E-state index contributed by atoms with van der Waals surface area (Å²) in [6.07, 6.45) is 1.53. The summed E-state index contributed by atoms with van der Waals surface area (Å²) in [6, 6.07) is 18.7. The van der Waals surface area contributed by atoms with Gasteiger partial charge >= 0.3 is 0 Å². The summed E-state index contributed by atoms with van der Waals surface area (Å²) < 4.78 is 1.41. The fourth-order valence-electron chi connectivity index (χ4n) is 2.79. The van der Waals surface area contributed by atoms with E-state index in [4.69, 9.17) is 0 Å². The summed E-state index contributed by atoms with van der Waals surface area (Å²) in [4.78, 5) is 12.7. The quantitative estimate of drug-likeness (QED) is 0.582. The summed E-state index contributed by atoms with van der Waals surface area (Å²) in [5.41, 5.74) is 2.21. The molecule has 0 aliphatic carbocycles. The van der Waals surface area contributed by atoms with Crippen molar-refractivity contribution in [3.05, 3.63) is 83.7 Å². The van der Waals surface area contributed by atoms with Gasteiger partial charge in [0.15, 0.2) is 5.69 Å². The first-order valence-corrected chi connectivity index (χ1v) is 7.88. The number of carbonyl (C=O) groups excluding carboxylic acids is 1. The van der Waals surface area contributed by atoms with Gasteiger partial charge in [0.2, 0.25) is 5.78 Å². The number of phenols is 1. The van der Waals surface area contributed by atoms with Gasteiger partial charge in [-0.3, -0.25) is 4.79 Å². The highest BCUT2D eigenvalue weighted by Crippen LogP contribution is 2.23. The molecule has 122 valence electrons. The van der Waals surface area contributed by atoms with E-state index in [1.54, 1.807) is 18.2 Å². The average molecular weight is 329 g/mol. The van der Waals surface area contributed by atoms with Crippen LogP contribution in [0.1, 0.15) is 21.6 Å². The van der Waals surface area contributed by atoms with Gasteiger partial charge < -0.3 is 5.11 Å². The molecule has 4 rings (SSSR count). The van der Waals surface area contributed by atoms with Crippen molar-refractivity contribution in [2.45, 2.75) is 6.92 Å². The lowest BCUT2D eigenvalue weighted by Crippen LogP contribution is -2.01. The molecule has 3 aromatic carbocycles. The van der Waals surface area contributed by atoms with Crippen molar-refractivity contribution in [3.63, 3.8) is 0 Å². The van der Waals surface area contributed by atoms with E-state index in [9.17, 15) is 9.90 Å². The molecule has 0 bridgehead atoms. The summed E-state index contributed by atoms with van der Waals surface area (Å²) in [5.74, 6) is -0.113. The summed E-state index contributed by atoms with van der Waals surface area (Å²) in [6.45, 7) is 1.89. The Morgan fingerprint density at radius 3 is 2.60 bits per heavy atom. The molecule has 25 heavy (non-hydrogen) atoms. The molecule has 0 saturated heterocycles. The summed E-state index contributed by atoms with van der Waals surface area (Å²) in [7, 11) is 0. The maximum Gasteiger partial charge on any atom is 0.214 e. The number of ketones is 1. The van der Waals surface area contributed by atoms with E-state index < -0.39 is 0 Å². The lowest BCUT2D eigenvalue weighted by molar-refractivity contribution is 0.103. The highest BCUT2D eigenvalue weighted by molar-refractivity contribution is 6.09. The molecule has 0 aliphatic rings. The van der Waals surface area contributed by atoms with E-state index in [1.807, 2.05) is 49.4 Å². The molecule has 5 heteroatoms. The van der Waals surface area contributed by atoms with Crippen LogP contribution in [0.25, 0.3) is 16.5 Å². The van der Waals surface area contributed by atoms with Gasteiger partial charge in [-0.25, -0.2) is 4.68 Å². The maximum absolute atomic E-state index is 12.7. The van der Waals surface area contributed by atoms with Crippen LogP contribution in [0.3, 0.4) is 0 Å². The lowest BCUT2D eigenvalue weighted by atomic mass is 10.0. The molecule has 0 aliphatic heterocycles. The topological polar surface area (TPSA) is 68.0 Å². The number of benzene rings is 3. The molecule has 1 N–H and O–H groups in total. The van der Waals surface area contributed by atoms with E-state index in [-0.39, 0.29) is 17.2 Å². The van der Waals surface area contributed by atoms with Crippen LogP contribution in [0.15, 0.2) is 66.9 Å². The third-order valence-electron chi connectivity index (χ3n) is 4.12. The second-order valence-corrected chi connectivity index (χ2v) is 5.93. The van der Waals surface area contributed by atoms with Gasteiger partial charge in [-0.05, 0) is 41.5 Å². The van der Waals surface area contributed by atoms with Crippen molar-refractivity contribution in [2.24, 2.45) is 0 Å². The number of aryl methyl sites for hydroxylation is 1. The Labute approximate surface area is 144 Å². The van der Waals surface area contributed by atoms with E-state index in [0.717, 1.165) is 16.3 Å². The monoisotopic (exact) mass is 329 g/mol. The molecule has 0 radical (unpaired) electrons. The maximum atomic E-state index is 12.7. The molecule has 0 spiro atoms. The fraction of sp³-hybridized carbons (Fsp3) is 0.0500. The lowest BCUT2D eigenvalue weighted by Gasteiger charge is -2.04. The number of hydrogen-bond acceptors (Lipinski definition) is 4. The van der Waals surface area contributed by atoms with Gasteiger partial charge in [0.05, 0.1) is 6.20 Å². The summed E-state index contributed by atoms with van der Waals surface area (Å²) in [5, 5.41) is 20.1. The first kappa shape index (κ1) is 15.1. The van der Waals surface area contributed by atoms with Crippen molar-refractivity contribution in [2.75, 3.05) is 0 Å². The van der Waals surface area contributed by atoms with Crippen LogP contribution in [0, 0.1) is 6.92 Å². The minimum Gasteiger partial charge on any atom is -0.506 e. The van der Waals surface area contributed by atoms with Crippen molar-refractivity contribution < 1.29 is 9.90 Å². The Hall–Kier alpha value is -3.47. The highest BCUT2D eigenvalue weighted by Gasteiger charge is 2.15. The molecule has 4 aromatic rings. The predicted molar refractivity (Wildman–Crippen MR) is 95.1 cm³/mol. The largest absolute Gasteiger partial charge is 0.506 e. The van der Waals surface area contributed by atoms with E-state index >= 15 is 0 Å². The van der Waals surface area contributed by atoms with Crippen molar-refractivity contribution in [1.82, 2.24) is 15.0 Å². The van der Waals surface area contributed by atoms with Crippen LogP contribution in [0.2, 0.25) is 0 Å². The normalized spacial score (nSPS) is 10.9. The molecule has 5 nitrogen and oxygen atoms in total. The van der Waals surface area contributed by atoms with E-state index in [2.05, 4.69) is 10.3 Å². The smallest absolute Gasteiger partial charge is 0.214 e. The number of fused-ring (bicyclic) bond motifs is 1. The molecule has 0 atom stereocenters. The van der Waals surface area contributed by atoms with E-state index in [0.29, 0.717) is 11.3 Å². The van der Waals surface area contributed by atoms with Crippen molar-refractivity contribution >= 4 is 16.6 Å². The molecule has 0 saturated carbocycles. The Morgan fingerprint density at radius 2 is 1.80 bits per heavy atom. The molecule has 0 amide bonds. The third-order valence-corrected chi connectivity index (χ3v) is 4.12. The van der Waals surface area contributed by atoms with Crippen molar-refractivity contribution in [1.29, 1.82) is 0 Å². The molecule has 1 heterocycles. The highest BCUT2D eigenvalue weighted by atomic mass is 16.3. The van der Waals surface area contributed by atoms with Gasteiger partial charge in [0.25, 0.3) is 0 Å². The Morgan fingerprint density at radius 1 is 1.00 bits per heavy atom. The van der Waals surface area contributed by atoms with Gasteiger partial charge in [0, 0.05) is 5.56 Å². The number of nitrogens with zero attached hydrogens (tertiary/aromatic N) is 3. The Bertz CT molecular complexity index is 1100. The summed E-state index contributed by atoms with van der Waals surface area (Å²) >= 11 is 0. The minimum absolute atomic E-state index is 0.0922. The zero-order valence-corrected chi connectivity index (χ0v) is 13.5. The van der Waals surface area contributed by atoms with Gasteiger partial charge in [-0.15, -0.1) is 5.10 Å². The molecule has 0 fully saturated rings. The number of rotatable bonds is 3. The van der Waals surface area contributed by atoms with Crippen LogP contribution in [-0.4, -0.2) is 25.9 Å². The number of hydrogen-bond donors (Lipinski definition) is 1. The molecule has 1 aromatic heterocycles.